The second kappa shape index (κ2) is 6.44. The van der Waals surface area contributed by atoms with Gasteiger partial charge in [-0.25, -0.2) is 0 Å². The number of non-ortho nitro benzene ring substituents is 1. The number of ether oxygens (including phenoxy) is 1. The largest absolute Gasteiger partial charge is 0.496 e. The van der Waals surface area contributed by atoms with Crippen LogP contribution in [0.1, 0.15) is 15.9 Å². The Bertz CT molecular complexity index is 746. The predicted octanol–water partition coefficient (Wildman–Crippen LogP) is 3.82. The molecule has 1 N–H and O–H groups in total. The van der Waals surface area contributed by atoms with Crippen LogP contribution in [0.2, 0.25) is 5.02 Å². The van der Waals surface area contributed by atoms with Gasteiger partial charge in [-0.3, -0.25) is 14.9 Å². The van der Waals surface area contributed by atoms with E-state index in [1.54, 1.807) is 12.1 Å². The second-order valence-corrected chi connectivity index (χ2v) is 4.94. The SMILES string of the molecule is COc1c(C)cccc1C(=O)Nc1ccc([N+](=O)[O-])cc1Cl. The molecule has 0 saturated carbocycles. The van der Waals surface area contributed by atoms with Crippen LogP contribution in [0.5, 0.6) is 5.75 Å². The van der Waals surface area contributed by atoms with Crippen molar-refractivity contribution < 1.29 is 14.5 Å². The summed E-state index contributed by atoms with van der Waals surface area (Å²) in [6, 6.07) is 9.04. The Kier molecular flexibility index (Phi) is 4.62. The number of nitro benzene ring substituents is 1. The Morgan fingerprint density at radius 2 is 2.05 bits per heavy atom. The summed E-state index contributed by atoms with van der Waals surface area (Å²) in [5.41, 5.74) is 1.33. The summed E-state index contributed by atoms with van der Waals surface area (Å²) in [6.45, 7) is 1.83. The van der Waals surface area contributed by atoms with Crippen LogP contribution in [0.4, 0.5) is 11.4 Å². The number of halogens is 1. The van der Waals surface area contributed by atoms with E-state index in [4.69, 9.17) is 16.3 Å². The van der Waals surface area contributed by atoms with Crippen molar-refractivity contribution in [2.45, 2.75) is 6.92 Å². The third kappa shape index (κ3) is 3.17. The van der Waals surface area contributed by atoms with Crippen molar-refractivity contribution >= 4 is 28.9 Å². The molecule has 0 fully saturated rings. The van der Waals surface area contributed by atoms with Crippen LogP contribution in [0, 0.1) is 17.0 Å². The standard InChI is InChI=1S/C15H13ClN2O4/c1-9-4-3-5-11(14(9)22-2)15(19)17-13-7-6-10(18(20)21)8-12(13)16/h3-8H,1-2H3,(H,17,19). The number of anilines is 1. The lowest BCUT2D eigenvalue weighted by molar-refractivity contribution is -0.384. The van der Waals surface area contributed by atoms with Gasteiger partial charge >= 0.3 is 0 Å². The van der Waals surface area contributed by atoms with E-state index in [1.165, 1.54) is 25.3 Å². The minimum Gasteiger partial charge on any atom is -0.496 e. The average Bonchev–Trinajstić information content (AvgIpc) is 2.48. The lowest BCUT2D eigenvalue weighted by Gasteiger charge is -2.12. The number of nitro groups is 1. The molecule has 0 radical (unpaired) electrons. The summed E-state index contributed by atoms with van der Waals surface area (Å²) in [7, 11) is 1.48. The fraction of sp³-hybridized carbons (Fsp3) is 0.133. The molecule has 6 nitrogen and oxygen atoms in total. The van der Waals surface area contributed by atoms with E-state index in [0.717, 1.165) is 5.56 Å². The number of nitrogens with zero attached hydrogens (tertiary/aromatic N) is 1. The zero-order valence-corrected chi connectivity index (χ0v) is 12.7. The molecular weight excluding hydrogens is 308 g/mol. The van der Waals surface area contributed by atoms with Crippen molar-refractivity contribution in [3.8, 4) is 5.75 Å². The smallest absolute Gasteiger partial charge is 0.271 e. The van der Waals surface area contributed by atoms with E-state index in [-0.39, 0.29) is 10.7 Å². The van der Waals surface area contributed by atoms with Gasteiger partial charge in [-0.1, -0.05) is 23.7 Å². The molecule has 2 aromatic carbocycles. The number of benzene rings is 2. The molecule has 0 unspecified atom stereocenters. The van der Waals surface area contributed by atoms with Gasteiger partial charge in [-0.2, -0.15) is 0 Å². The lowest BCUT2D eigenvalue weighted by atomic mass is 10.1. The topological polar surface area (TPSA) is 81.5 Å². The number of rotatable bonds is 4. The van der Waals surface area contributed by atoms with E-state index < -0.39 is 10.8 Å². The van der Waals surface area contributed by atoms with Gasteiger partial charge in [0.05, 0.1) is 28.3 Å². The second-order valence-electron chi connectivity index (χ2n) is 4.53. The number of para-hydroxylation sites is 1. The van der Waals surface area contributed by atoms with Crippen molar-refractivity contribution in [3.05, 3.63) is 62.7 Å². The normalized spacial score (nSPS) is 10.1. The highest BCUT2D eigenvalue weighted by Gasteiger charge is 2.16. The van der Waals surface area contributed by atoms with Gasteiger partial charge in [0.25, 0.3) is 11.6 Å². The Morgan fingerprint density at radius 1 is 1.32 bits per heavy atom. The van der Waals surface area contributed by atoms with Gasteiger partial charge in [0.1, 0.15) is 5.75 Å². The van der Waals surface area contributed by atoms with Gasteiger partial charge in [0.15, 0.2) is 0 Å². The average molecular weight is 321 g/mol. The number of carbonyl (C=O) groups excluding carboxylic acids is 1. The molecule has 0 atom stereocenters. The molecule has 2 rings (SSSR count). The molecular formula is C15H13ClN2O4. The first-order valence-electron chi connectivity index (χ1n) is 6.33. The number of methoxy groups -OCH3 is 1. The highest BCUT2D eigenvalue weighted by atomic mass is 35.5. The van der Waals surface area contributed by atoms with Crippen molar-refractivity contribution in [1.29, 1.82) is 0 Å². The van der Waals surface area contributed by atoms with Crippen LogP contribution in [0.3, 0.4) is 0 Å². The van der Waals surface area contributed by atoms with Gasteiger partial charge in [0, 0.05) is 12.1 Å². The minimum atomic E-state index is -0.554. The summed E-state index contributed by atoms with van der Waals surface area (Å²) < 4.78 is 5.23. The molecule has 7 heteroatoms. The van der Waals surface area contributed by atoms with Crippen LogP contribution in [-0.2, 0) is 0 Å². The van der Waals surface area contributed by atoms with Crippen LogP contribution >= 0.6 is 11.6 Å². The molecule has 22 heavy (non-hydrogen) atoms. The molecule has 0 spiro atoms. The molecule has 1 amide bonds. The predicted molar refractivity (Wildman–Crippen MR) is 83.8 cm³/mol. The highest BCUT2D eigenvalue weighted by molar-refractivity contribution is 6.34. The molecule has 0 saturated heterocycles. The first-order valence-corrected chi connectivity index (χ1v) is 6.70. The maximum absolute atomic E-state index is 12.3. The van der Waals surface area contributed by atoms with Crippen LogP contribution in [0.25, 0.3) is 0 Å². The number of carbonyl (C=O) groups is 1. The summed E-state index contributed by atoms with van der Waals surface area (Å²) in [5.74, 6) is 0.0642. The molecule has 0 aliphatic rings. The molecule has 0 aromatic heterocycles. The van der Waals surface area contributed by atoms with Gasteiger partial charge in [-0.05, 0) is 24.6 Å². The van der Waals surface area contributed by atoms with Crippen molar-refractivity contribution in [2.24, 2.45) is 0 Å². The zero-order valence-electron chi connectivity index (χ0n) is 11.9. The minimum absolute atomic E-state index is 0.0918. The number of hydrogen-bond donors (Lipinski definition) is 1. The first-order chi connectivity index (χ1) is 10.4. The Balaban J connectivity index is 2.30. The number of nitrogens with one attached hydrogen (secondary N) is 1. The van der Waals surface area contributed by atoms with E-state index in [0.29, 0.717) is 17.0 Å². The summed E-state index contributed by atoms with van der Waals surface area (Å²) in [5, 5.41) is 13.4. The molecule has 0 heterocycles. The van der Waals surface area contributed by atoms with Crippen LogP contribution in [0.15, 0.2) is 36.4 Å². The summed E-state index contributed by atoms with van der Waals surface area (Å²) >= 11 is 5.96. The van der Waals surface area contributed by atoms with Gasteiger partial charge in [0.2, 0.25) is 0 Å². The Morgan fingerprint density at radius 3 is 2.64 bits per heavy atom. The lowest BCUT2D eigenvalue weighted by Crippen LogP contribution is -2.14. The number of hydrogen-bond acceptors (Lipinski definition) is 4. The first kappa shape index (κ1) is 15.8. The fourth-order valence-corrected chi connectivity index (χ4v) is 2.23. The van der Waals surface area contributed by atoms with E-state index in [1.807, 2.05) is 13.0 Å². The Hall–Kier alpha value is -2.60. The van der Waals surface area contributed by atoms with E-state index >= 15 is 0 Å². The van der Waals surface area contributed by atoms with Gasteiger partial charge < -0.3 is 10.1 Å². The van der Waals surface area contributed by atoms with Crippen molar-refractivity contribution in [3.63, 3.8) is 0 Å². The summed E-state index contributed by atoms with van der Waals surface area (Å²) in [6.07, 6.45) is 0. The van der Waals surface area contributed by atoms with Crippen molar-refractivity contribution in [2.75, 3.05) is 12.4 Å². The maximum atomic E-state index is 12.3. The van der Waals surface area contributed by atoms with Crippen LogP contribution in [-0.4, -0.2) is 17.9 Å². The zero-order chi connectivity index (χ0) is 16.3. The number of amides is 1. The highest BCUT2D eigenvalue weighted by Crippen LogP contribution is 2.29. The van der Waals surface area contributed by atoms with Crippen LogP contribution < -0.4 is 10.1 Å². The van der Waals surface area contributed by atoms with E-state index in [2.05, 4.69) is 5.32 Å². The summed E-state index contributed by atoms with van der Waals surface area (Å²) in [4.78, 5) is 22.5. The van der Waals surface area contributed by atoms with Gasteiger partial charge in [-0.15, -0.1) is 0 Å². The molecule has 0 aliphatic heterocycles. The van der Waals surface area contributed by atoms with E-state index in [9.17, 15) is 14.9 Å². The fourth-order valence-electron chi connectivity index (χ4n) is 2.01. The molecule has 0 bridgehead atoms. The molecule has 0 aliphatic carbocycles. The third-order valence-corrected chi connectivity index (χ3v) is 3.39. The molecule has 114 valence electrons. The monoisotopic (exact) mass is 320 g/mol. The maximum Gasteiger partial charge on any atom is 0.271 e. The Labute approximate surface area is 131 Å². The third-order valence-electron chi connectivity index (χ3n) is 3.07. The quantitative estimate of drug-likeness (QED) is 0.686. The molecule has 2 aromatic rings. The number of aryl methyl sites for hydroxylation is 1. The van der Waals surface area contributed by atoms with Crippen molar-refractivity contribution in [1.82, 2.24) is 0 Å².